The van der Waals surface area contributed by atoms with Gasteiger partial charge in [-0.2, -0.15) is 13.9 Å². The number of hydrogen-bond donors (Lipinski definition) is 1. The van der Waals surface area contributed by atoms with E-state index in [1.54, 1.807) is 18.5 Å². The first-order chi connectivity index (χ1) is 15.9. The van der Waals surface area contributed by atoms with Gasteiger partial charge in [-0.05, 0) is 25.1 Å². The summed E-state index contributed by atoms with van der Waals surface area (Å²) in [6, 6.07) is 4.34. The number of amidine groups is 1. The van der Waals surface area contributed by atoms with Crippen LogP contribution in [0.2, 0.25) is 5.02 Å². The van der Waals surface area contributed by atoms with Gasteiger partial charge in [0.15, 0.2) is 10.8 Å². The summed E-state index contributed by atoms with van der Waals surface area (Å²) in [7, 11) is 0. The van der Waals surface area contributed by atoms with Gasteiger partial charge in [0.25, 0.3) is 0 Å². The maximum Gasteiger partial charge on any atom is 0.333 e. The molecule has 3 aromatic rings. The predicted octanol–water partition coefficient (Wildman–Crippen LogP) is 4.98. The molecule has 1 atom stereocenters. The predicted molar refractivity (Wildman–Crippen MR) is 118 cm³/mol. The summed E-state index contributed by atoms with van der Waals surface area (Å²) in [5.74, 6) is -0.720. The molecule has 33 heavy (non-hydrogen) atoms. The third-order valence-corrected chi connectivity index (χ3v) is 5.84. The summed E-state index contributed by atoms with van der Waals surface area (Å²) in [4.78, 5) is 21.3. The molecule has 172 valence electrons. The summed E-state index contributed by atoms with van der Waals surface area (Å²) in [6.07, 6.45) is 2.52. The summed E-state index contributed by atoms with van der Waals surface area (Å²) >= 11 is 7.66. The van der Waals surface area contributed by atoms with Crippen molar-refractivity contribution in [3.8, 4) is 0 Å². The number of nitrogens with one attached hydrogen (secondary N) is 1. The number of thiazole rings is 1. The molecule has 1 aliphatic heterocycles. The number of hydrogen-bond acceptors (Lipinski definition) is 7. The van der Waals surface area contributed by atoms with Crippen molar-refractivity contribution in [2.75, 3.05) is 6.61 Å². The van der Waals surface area contributed by atoms with Crippen molar-refractivity contribution in [2.45, 2.75) is 25.9 Å². The van der Waals surface area contributed by atoms with E-state index in [2.05, 4.69) is 15.4 Å². The van der Waals surface area contributed by atoms with E-state index in [0.29, 0.717) is 32.4 Å². The van der Waals surface area contributed by atoms with Crippen LogP contribution >= 0.6 is 22.9 Å². The van der Waals surface area contributed by atoms with Crippen molar-refractivity contribution >= 4 is 40.3 Å². The third-order valence-electron chi connectivity index (χ3n) is 4.73. The second-order valence-corrected chi connectivity index (χ2v) is 8.14. The molecule has 0 saturated heterocycles. The maximum absolute atomic E-state index is 13.7. The fourth-order valence-electron chi connectivity index (χ4n) is 3.38. The average Bonchev–Trinajstić information content (AvgIpc) is 3.46. The van der Waals surface area contributed by atoms with Gasteiger partial charge in [0.2, 0.25) is 0 Å². The number of carbonyl (C=O) groups is 1. The van der Waals surface area contributed by atoms with Crippen LogP contribution in [0.1, 0.15) is 42.2 Å². The molecule has 1 aromatic carbocycles. The Labute approximate surface area is 195 Å². The van der Waals surface area contributed by atoms with Gasteiger partial charge in [0.1, 0.15) is 11.9 Å². The van der Waals surface area contributed by atoms with Gasteiger partial charge in [-0.15, -0.1) is 11.3 Å². The van der Waals surface area contributed by atoms with E-state index in [9.17, 15) is 18.0 Å². The molecule has 0 bridgehead atoms. The van der Waals surface area contributed by atoms with Gasteiger partial charge in [0, 0.05) is 39.6 Å². The molecule has 0 saturated carbocycles. The molecular weight excluding hydrogens is 479 g/mol. The Morgan fingerprint density at radius 2 is 2.18 bits per heavy atom. The smallest absolute Gasteiger partial charge is 0.333 e. The van der Waals surface area contributed by atoms with E-state index in [1.807, 2.05) is 0 Å². The zero-order chi connectivity index (χ0) is 23.5. The number of alkyl halides is 2. The number of ether oxygens (including phenoxy) is 1. The highest BCUT2D eigenvalue weighted by atomic mass is 35.5. The van der Waals surface area contributed by atoms with Crippen LogP contribution in [0, 0.1) is 5.82 Å². The van der Waals surface area contributed by atoms with Crippen LogP contribution in [0.25, 0.3) is 5.57 Å². The van der Waals surface area contributed by atoms with Gasteiger partial charge >= 0.3 is 12.5 Å². The lowest BCUT2D eigenvalue weighted by atomic mass is 9.92. The normalized spacial score (nSPS) is 16.1. The Balaban J connectivity index is 1.91. The van der Waals surface area contributed by atoms with Gasteiger partial charge in [-0.25, -0.2) is 14.1 Å². The lowest BCUT2D eigenvalue weighted by Crippen LogP contribution is -2.32. The molecule has 0 amide bonds. The van der Waals surface area contributed by atoms with Gasteiger partial charge in [0.05, 0.1) is 18.7 Å². The molecule has 3 heterocycles. The molecule has 0 spiro atoms. The molecule has 1 aliphatic rings. The van der Waals surface area contributed by atoms with E-state index in [4.69, 9.17) is 21.3 Å². The van der Waals surface area contributed by atoms with Crippen molar-refractivity contribution in [1.29, 1.82) is 0 Å². The fourth-order valence-corrected chi connectivity index (χ4v) is 4.24. The number of nitrogens with zero attached hydrogens (tertiary/aromatic N) is 4. The summed E-state index contributed by atoms with van der Waals surface area (Å²) in [5, 5.41) is 9.44. The molecule has 0 fully saturated rings. The number of aromatic nitrogens is 3. The Morgan fingerprint density at radius 3 is 2.82 bits per heavy atom. The minimum absolute atomic E-state index is 0.0883. The molecular formula is C21H17ClF3N5O2S. The highest BCUT2D eigenvalue weighted by Gasteiger charge is 2.32. The van der Waals surface area contributed by atoms with E-state index < -0.39 is 24.4 Å². The standard InChI is InChI=1S/C21H17ClF3N5O2S/c1-2-32-16(31)10-15-17(14-5-7-30(29-14)21(24)25)18(12-4-3-11(23)9-13(12)22)28-19(27-15)20-26-6-8-33-20/h3-9,18,21H,2,10H2,1H3,(H,27,28)/t18-/m0/s1. The molecule has 0 aliphatic carbocycles. The molecule has 0 unspecified atom stereocenters. The second-order valence-electron chi connectivity index (χ2n) is 6.84. The Bertz CT molecular complexity index is 1230. The number of carbonyl (C=O) groups excluding carboxylic acids is 1. The van der Waals surface area contributed by atoms with Crippen LogP contribution in [0.15, 0.2) is 52.7 Å². The van der Waals surface area contributed by atoms with Gasteiger partial charge in [-0.1, -0.05) is 17.7 Å². The van der Waals surface area contributed by atoms with Crippen LogP contribution in [-0.2, 0) is 9.53 Å². The van der Waals surface area contributed by atoms with Crippen LogP contribution < -0.4 is 5.32 Å². The summed E-state index contributed by atoms with van der Waals surface area (Å²) in [6.45, 7) is -1.01. The highest BCUT2D eigenvalue weighted by molar-refractivity contribution is 7.11. The number of halogens is 4. The van der Waals surface area contributed by atoms with Crippen LogP contribution in [-0.4, -0.2) is 33.2 Å². The third kappa shape index (κ3) is 4.93. The SMILES string of the molecule is CCOC(=O)CC1=C(c2ccn(C(F)F)n2)[C@H](c2ccc(F)cc2Cl)N=C(c2nccs2)N1. The molecule has 2 aromatic heterocycles. The average molecular weight is 496 g/mol. The molecule has 1 N–H and O–H groups in total. The summed E-state index contributed by atoms with van der Waals surface area (Å²) < 4.78 is 45.8. The van der Waals surface area contributed by atoms with Crippen molar-refractivity contribution in [1.82, 2.24) is 20.1 Å². The minimum atomic E-state index is -2.85. The van der Waals surface area contributed by atoms with Crippen LogP contribution in [0.3, 0.4) is 0 Å². The molecule has 7 nitrogen and oxygen atoms in total. The topological polar surface area (TPSA) is 81.4 Å². The van der Waals surface area contributed by atoms with E-state index in [0.717, 1.165) is 12.3 Å². The van der Waals surface area contributed by atoms with Crippen molar-refractivity contribution in [3.05, 3.63) is 74.8 Å². The van der Waals surface area contributed by atoms with Gasteiger partial charge in [-0.3, -0.25) is 9.79 Å². The fraction of sp³-hybridized carbons (Fsp3) is 0.238. The monoisotopic (exact) mass is 495 g/mol. The first-order valence-electron chi connectivity index (χ1n) is 9.79. The van der Waals surface area contributed by atoms with Crippen molar-refractivity contribution in [2.24, 2.45) is 4.99 Å². The number of aliphatic imine (C=N–C) groups is 1. The largest absolute Gasteiger partial charge is 0.466 e. The van der Waals surface area contributed by atoms with E-state index in [-0.39, 0.29) is 23.7 Å². The molecule has 0 radical (unpaired) electrons. The number of benzene rings is 1. The number of rotatable bonds is 7. The van der Waals surface area contributed by atoms with Gasteiger partial charge < -0.3 is 10.1 Å². The Hall–Kier alpha value is -3.18. The summed E-state index contributed by atoms with van der Waals surface area (Å²) in [5.41, 5.74) is 1.26. The minimum Gasteiger partial charge on any atom is -0.466 e. The Kier molecular flexibility index (Phi) is 6.80. The Morgan fingerprint density at radius 1 is 1.36 bits per heavy atom. The van der Waals surface area contributed by atoms with Crippen LogP contribution in [0.4, 0.5) is 13.2 Å². The quantitative estimate of drug-likeness (QED) is 0.467. The van der Waals surface area contributed by atoms with Crippen LogP contribution in [0.5, 0.6) is 0 Å². The lowest BCUT2D eigenvalue weighted by Gasteiger charge is -2.27. The zero-order valence-electron chi connectivity index (χ0n) is 17.1. The zero-order valence-corrected chi connectivity index (χ0v) is 18.7. The number of esters is 1. The molecule has 12 heteroatoms. The van der Waals surface area contributed by atoms with Crippen molar-refractivity contribution < 1.29 is 22.7 Å². The molecule has 4 rings (SSSR count). The van der Waals surface area contributed by atoms with E-state index in [1.165, 1.54) is 29.5 Å². The first kappa shape index (κ1) is 23.0. The van der Waals surface area contributed by atoms with E-state index >= 15 is 0 Å². The van der Waals surface area contributed by atoms with Crippen molar-refractivity contribution in [3.63, 3.8) is 0 Å². The lowest BCUT2D eigenvalue weighted by molar-refractivity contribution is -0.142. The maximum atomic E-state index is 13.7. The first-order valence-corrected chi connectivity index (χ1v) is 11.0. The second kappa shape index (κ2) is 9.75. The highest BCUT2D eigenvalue weighted by Crippen LogP contribution is 2.41.